The first-order valence-corrected chi connectivity index (χ1v) is 8.84. The second-order valence-electron chi connectivity index (χ2n) is 2.45. The molecule has 1 aromatic carbocycles. The first-order chi connectivity index (χ1) is 6.79. The quantitative estimate of drug-likeness (QED) is 0.724. The van der Waals surface area contributed by atoms with E-state index >= 15 is 0 Å². The lowest BCUT2D eigenvalue weighted by Crippen LogP contribution is -1.95. The molecule has 1 atom stereocenters. The molecule has 0 heterocycles. The van der Waals surface area contributed by atoms with Crippen molar-refractivity contribution < 1.29 is 23.5 Å². The molecule has 1 rings (SSSR count). The van der Waals surface area contributed by atoms with Crippen LogP contribution in [0.2, 0.25) is 0 Å². The number of benzene rings is 1. The molecule has 1 unspecified atom stereocenters. The third-order valence-electron chi connectivity index (χ3n) is 1.17. The molecule has 0 radical (unpaired) electrons. The van der Waals surface area contributed by atoms with Gasteiger partial charge >= 0.3 is 13.4 Å². The van der Waals surface area contributed by atoms with Gasteiger partial charge < -0.3 is 19.2 Å². The van der Waals surface area contributed by atoms with Gasteiger partial charge in [-0.15, -0.1) is 0 Å². The number of rotatable bonds is 4. The van der Waals surface area contributed by atoms with Crippen molar-refractivity contribution in [3.05, 3.63) is 30.3 Å². The molecule has 0 saturated heterocycles. The van der Waals surface area contributed by atoms with Gasteiger partial charge in [0.15, 0.2) is 0 Å². The first-order valence-electron chi connectivity index (χ1n) is 3.63. The molecule has 0 fully saturated rings. The summed E-state index contributed by atoms with van der Waals surface area (Å²) in [5.74, 6) is 0.270. The molecule has 0 aliphatic carbocycles. The molecule has 0 aliphatic heterocycles. The highest BCUT2D eigenvalue weighted by Crippen LogP contribution is 2.57. The Bertz CT molecular complexity index is 417. The lowest BCUT2D eigenvalue weighted by atomic mass is 10.3. The SMILES string of the molecule is OP(O)(=S)OP(O)(=S)Oc1ccccc1. The van der Waals surface area contributed by atoms with E-state index in [4.69, 9.17) is 14.3 Å². The minimum absolute atomic E-state index is 0.270. The Balaban J connectivity index is 2.74. The van der Waals surface area contributed by atoms with Crippen LogP contribution in [0.3, 0.4) is 0 Å². The van der Waals surface area contributed by atoms with Crippen LogP contribution in [-0.4, -0.2) is 14.7 Å². The summed E-state index contributed by atoms with van der Waals surface area (Å²) in [5, 5.41) is 0. The van der Waals surface area contributed by atoms with Gasteiger partial charge in [0.05, 0.1) is 0 Å². The summed E-state index contributed by atoms with van der Waals surface area (Å²) in [6.07, 6.45) is 0. The summed E-state index contributed by atoms with van der Waals surface area (Å²) < 4.78 is 9.20. The molecule has 84 valence electrons. The van der Waals surface area contributed by atoms with Crippen LogP contribution >= 0.6 is 13.4 Å². The maximum absolute atomic E-state index is 9.43. The van der Waals surface area contributed by atoms with Crippen LogP contribution < -0.4 is 4.52 Å². The average molecular weight is 286 g/mol. The van der Waals surface area contributed by atoms with Crippen molar-refractivity contribution in [3.8, 4) is 5.75 Å². The Kier molecular flexibility index (Phi) is 4.40. The average Bonchev–Trinajstić information content (AvgIpc) is 1.99. The fourth-order valence-corrected chi connectivity index (χ4v) is 4.65. The smallest absolute Gasteiger partial charge is 0.385 e. The van der Waals surface area contributed by atoms with Crippen LogP contribution in [0.25, 0.3) is 0 Å². The van der Waals surface area contributed by atoms with Crippen molar-refractivity contribution in [2.24, 2.45) is 0 Å². The molecule has 0 saturated carbocycles. The van der Waals surface area contributed by atoms with Gasteiger partial charge in [-0.25, -0.2) is 4.31 Å². The highest BCUT2D eigenvalue weighted by Gasteiger charge is 2.25. The molecule has 15 heavy (non-hydrogen) atoms. The van der Waals surface area contributed by atoms with E-state index < -0.39 is 13.4 Å². The summed E-state index contributed by atoms with van der Waals surface area (Å²) in [4.78, 5) is 27.0. The van der Waals surface area contributed by atoms with Crippen LogP contribution in [0.4, 0.5) is 0 Å². The van der Waals surface area contributed by atoms with Gasteiger partial charge in [-0.2, -0.15) is 0 Å². The summed E-state index contributed by atoms with van der Waals surface area (Å²) in [6.45, 7) is -7.78. The molecule has 3 N–H and O–H groups in total. The predicted molar refractivity (Wildman–Crippen MR) is 63.4 cm³/mol. The zero-order valence-electron chi connectivity index (χ0n) is 7.26. The van der Waals surface area contributed by atoms with Crippen molar-refractivity contribution in [2.45, 2.75) is 0 Å². The van der Waals surface area contributed by atoms with Gasteiger partial charge in [-0.05, 0) is 23.9 Å². The Hall–Kier alpha value is 0.160. The third kappa shape index (κ3) is 5.70. The predicted octanol–water partition coefficient (Wildman–Crippen LogP) is 1.51. The van der Waals surface area contributed by atoms with Gasteiger partial charge in [-0.1, -0.05) is 18.2 Å². The normalized spacial score (nSPS) is 15.7. The standard InChI is InChI=1S/C6H8O5P2S2/c7-12(8,14)11-13(9,15)10-6-4-2-1-3-5-6/h1-5H,(H,9,15)(H2,7,8,14). The zero-order valence-corrected chi connectivity index (χ0v) is 10.7. The van der Waals surface area contributed by atoms with Gasteiger partial charge in [0.25, 0.3) is 0 Å². The van der Waals surface area contributed by atoms with E-state index in [9.17, 15) is 4.89 Å². The largest absolute Gasteiger partial charge is 0.424 e. The molecular formula is C6H8O5P2S2. The molecule has 0 amide bonds. The molecule has 0 aromatic heterocycles. The second-order valence-corrected chi connectivity index (χ2v) is 8.01. The highest BCUT2D eigenvalue weighted by atomic mass is 32.5. The summed E-state index contributed by atoms with van der Waals surface area (Å²) >= 11 is 8.71. The molecule has 9 heteroatoms. The van der Waals surface area contributed by atoms with Crippen LogP contribution in [0.1, 0.15) is 0 Å². The maximum Gasteiger partial charge on any atom is 0.385 e. The van der Waals surface area contributed by atoms with Crippen molar-refractivity contribution >= 4 is 37.1 Å². The fourth-order valence-electron chi connectivity index (χ4n) is 0.766. The van der Waals surface area contributed by atoms with Gasteiger partial charge in [0, 0.05) is 11.8 Å². The number of hydrogen-bond acceptors (Lipinski definition) is 4. The highest BCUT2D eigenvalue weighted by molar-refractivity contribution is 8.14. The Morgan fingerprint density at radius 2 is 1.53 bits per heavy atom. The van der Waals surface area contributed by atoms with Gasteiger partial charge in [0.1, 0.15) is 5.75 Å². The first kappa shape index (κ1) is 13.2. The van der Waals surface area contributed by atoms with E-state index in [0.29, 0.717) is 0 Å². The van der Waals surface area contributed by atoms with Crippen LogP contribution in [-0.2, 0) is 27.9 Å². The lowest BCUT2D eigenvalue weighted by Gasteiger charge is -2.18. The van der Waals surface area contributed by atoms with Crippen LogP contribution in [0.15, 0.2) is 30.3 Å². The lowest BCUT2D eigenvalue weighted by molar-refractivity contribution is 0.323. The number of hydrogen-bond donors (Lipinski definition) is 3. The topological polar surface area (TPSA) is 79.2 Å². The maximum atomic E-state index is 9.43. The van der Waals surface area contributed by atoms with E-state index in [1.807, 2.05) is 0 Å². The third-order valence-corrected chi connectivity index (χ3v) is 4.72. The van der Waals surface area contributed by atoms with Crippen LogP contribution in [0, 0.1) is 0 Å². The van der Waals surface area contributed by atoms with Crippen molar-refractivity contribution in [1.82, 2.24) is 0 Å². The van der Waals surface area contributed by atoms with Gasteiger partial charge in [-0.3, -0.25) is 0 Å². The monoisotopic (exact) mass is 286 g/mol. The molecule has 5 nitrogen and oxygen atoms in total. The van der Waals surface area contributed by atoms with Crippen molar-refractivity contribution in [2.75, 3.05) is 0 Å². The molecule has 0 spiro atoms. The van der Waals surface area contributed by atoms with Crippen LogP contribution in [0.5, 0.6) is 5.75 Å². The van der Waals surface area contributed by atoms with E-state index in [-0.39, 0.29) is 5.75 Å². The van der Waals surface area contributed by atoms with Crippen molar-refractivity contribution in [3.63, 3.8) is 0 Å². The van der Waals surface area contributed by atoms with E-state index in [0.717, 1.165) is 0 Å². The Labute approximate surface area is 96.8 Å². The minimum Gasteiger partial charge on any atom is -0.424 e. The second kappa shape index (κ2) is 4.99. The summed E-state index contributed by atoms with van der Waals surface area (Å²) in [7, 11) is 0. The summed E-state index contributed by atoms with van der Waals surface area (Å²) in [5.41, 5.74) is 0. The number of para-hydroxylation sites is 1. The Morgan fingerprint density at radius 1 is 1.00 bits per heavy atom. The van der Waals surface area contributed by atoms with E-state index in [2.05, 4.69) is 27.9 Å². The molecule has 0 aliphatic rings. The molecule has 1 aromatic rings. The fraction of sp³-hybridized carbons (Fsp3) is 0. The Morgan fingerprint density at radius 3 is 2.00 bits per heavy atom. The van der Waals surface area contributed by atoms with Crippen molar-refractivity contribution in [1.29, 1.82) is 0 Å². The molecular weight excluding hydrogens is 278 g/mol. The zero-order chi connectivity index (χ0) is 11.5. The van der Waals surface area contributed by atoms with E-state index in [1.54, 1.807) is 30.3 Å². The minimum atomic E-state index is -4.02. The van der Waals surface area contributed by atoms with Gasteiger partial charge in [0.2, 0.25) is 0 Å². The van der Waals surface area contributed by atoms with E-state index in [1.165, 1.54) is 0 Å². The summed E-state index contributed by atoms with van der Waals surface area (Å²) in [6, 6.07) is 8.16. The molecule has 0 bridgehead atoms.